The van der Waals surface area contributed by atoms with E-state index in [9.17, 15) is 4.39 Å². The first-order chi connectivity index (χ1) is 13.9. The summed E-state index contributed by atoms with van der Waals surface area (Å²) in [5, 5.41) is 0.688. The second kappa shape index (κ2) is 8.48. The minimum absolute atomic E-state index is 0.0433. The highest BCUT2D eigenvalue weighted by Gasteiger charge is 2.21. The highest BCUT2D eigenvalue weighted by Crippen LogP contribution is 2.41. The van der Waals surface area contributed by atoms with Gasteiger partial charge >= 0.3 is 6.08 Å². The largest absolute Gasteiger partial charge is 0.454 e. The highest BCUT2D eigenvalue weighted by molar-refractivity contribution is 14.1. The van der Waals surface area contributed by atoms with E-state index in [0.29, 0.717) is 28.6 Å². The molecule has 1 aromatic carbocycles. The van der Waals surface area contributed by atoms with Crippen LogP contribution >= 0.6 is 34.4 Å². The van der Waals surface area contributed by atoms with Crippen molar-refractivity contribution in [3.05, 3.63) is 21.8 Å². The first-order valence-electron chi connectivity index (χ1n) is 9.03. The lowest BCUT2D eigenvalue weighted by Gasteiger charge is -2.12. The molecule has 0 fully saturated rings. The van der Waals surface area contributed by atoms with Crippen molar-refractivity contribution >= 4 is 51.3 Å². The topological polar surface area (TPSA) is 91.3 Å². The zero-order valence-electron chi connectivity index (χ0n) is 16.0. The molecule has 3 heterocycles. The molecule has 2 N–H and O–H groups in total. The fraction of sp³-hybridized carbons (Fsp3) is 0.389. The summed E-state index contributed by atoms with van der Waals surface area (Å²) in [4.78, 5) is 15.3. The minimum Gasteiger partial charge on any atom is -0.454 e. The van der Waals surface area contributed by atoms with E-state index in [4.69, 9.17) is 15.2 Å². The molecule has 154 valence electrons. The van der Waals surface area contributed by atoms with Crippen molar-refractivity contribution in [3.8, 4) is 11.5 Å². The first kappa shape index (κ1) is 20.4. The minimum atomic E-state index is -0.848. The third-order valence-corrected chi connectivity index (χ3v) is 6.74. The average molecular weight is 530 g/mol. The molecular weight excluding hydrogens is 510 g/mol. The molecule has 0 unspecified atom stereocenters. The molecule has 0 atom stereocenters. The number of benzene rings is 1. The summed E-state index contributed by atoms with van der Waals surface area (Å²) in [5.74, 6) is 1.47. The Labute approximate surface area is 185 Å². The Kier molecular flexibility index (Phi) is 5.97. The van der Waals surface area contributed by atoms with Crippen LogP contribution in [0.2, 0.25) is 0 Å². The average Bonchev–Trinajstić information content (AvgIpc) is 3.23. The van der Waals surface area contributed by atoms with Crippen molar-refractivity contribution in [2.45, 2.75) is 29.4 Å². The van der Waals surface area contributed by atoms with E-state index in [2.05, 4.69) is 42.4 Å². The van der Waals surface area contributed by atoms with Crippen LogP contribution in [0.15, 0.2) is 22.2 Å². The summed E-state index contributed by atoms with van der Waals surface area (Å²) in [5.41, 5.74) is 6.74. The summed E-state index contributed by atoms with van der Waals surface area (Å²) < 4.78 is 27.7. The number of anilines is 1. The standard InChI is InChI=1S/C18H20FIN6O2S/c1-25(2)5-3-4-6-26-16-14(15(21)23-17(19)24-16)22-18(26)29-13-8-12-11(7-10(13)20)27-9-28-12/h7-8H,3-6,9H2,1-2H3,(H2,21,23,24). The van der Waals surface area contributed by atoms with E-state index in [0.717, 1.165) is 33.6 Å². The van der Waals surface area contributed by atoms with Gasteiger partial charge in [0.2, 0.25) is 6.79 Å². The van der Waals surface area contributed by atoms with Crippen LogP contribution in [0.5, 0.6) is 11.5 Å². The van der Waals surface area contributed by atoms with Gasteiger partial charge in [-0.1, -0.05) is 11.8 Å². The number of imidazole rings is 1. The van der Waals surface area contributed by atoms with Gasteiger partial charge in [-0.2, -0.15) is 14.4 Å². The fourth-order valence-corrected chi connectivity index (χ4v) is 4.74. The number of nitrogens with two attached hydrogens (primary N) is 1. The summed E-state index contributed by atoms with van der Waals surface area (Å²) in [6.07, 6.45) is 1.06. The molecule has 0 radical (unpaired) electrons. The molecule has 1 aliphatic rings. The second-order valence-corrected chi connectivity index (χ2v) is 9.02. The number of aromatic nitrogens is 4. The molecule has 0 saturated carbocycles. The number of nitrogen functional groups attached to an aromatic ring is 1. The number of halogens is 2. The van der Waals surface area contributed by atoms with Crippen molar-refractivity contribution in [2.24, 2.45) is 0 Å². The molecule has 3 aromatic rings. The van der Waals surface area contributed by atoms with Gasteiger partial charge in [-0.25, -0.2) is 4.98 Å². The van der Waals surface area contributed by atoms with Crippen molar-refractivity contribution < 1.29 is 13.9 Å². The monoisotopic (exact) mass is 530 g/mol. The Hall–Kier alpha value is -1.86. The Morgan fingerprint density at radius 1 is 1.21 bits per heavy atom. The number of ether oxygens (including phenoxy) is 2. The van der Waals surface area contributed by atoms with Gasteiger partial charge in [-0.3, -0.25) is 0 Å². The van der Waals surface area contributed by atoms with Gasteiger partial charge in [0.25, 0.3) is 0 Å². The maximum atomic E-state index is 13.8. The molecule has 4 rings (SSSR count). The molecule has 0 amide bonds. The molecule has 8 nitrogen and oxygen atoms in total. The molecule has 0 spiro atoms. The molecule has 0 aliphatic carbocycles. The highest BCUT2D eigenvalue weighted by atomic mass is 127. The van der Waals surface area contributed by atoms with Crippen LogP contribution in [0.4, 0.5) is 10.2 Å². The smallest absolute Gasteiger partial charge is 0.312 e. The fourth-order valence-electron chi connectivity index (χ4n) is 3.03. The first-order valence-corrected chi connectivity index (χ1v) is 10.9. The van der Waals surface area contributed by atoms with E-state index in [1.165, 1.54) is 11.8 Å². The molecule has 2 aromatic heterocycles. The van der Waals surface area contributed by atoms with Crippen molar-refractivity contribution in [3.63, 3.8) is 0 Å². The number of unbranched alkanes of at least 4 members (excludes halogenated alkanes) is 1. The molecule has 0 bridgehead atoms. The van der Waals surface area contributed by atoms with Crippen LogP contribution in [0.1, 0.15) is 12.8 Å². The number of aryl methyl sites for hydroxylation is 1. The van der Waals surface area contributed by atoms with Crippen LogP contribution < -0.4 is 15.2 Å². The van der Waals surface area contributed by atoms with Crippen LogP contribution in [-0.4, -0.2) is 51.9 Å². The number of nitrogens with zero attached hydrogens (tertiary/aromatic N) is 5. The lowest BCUT2D eigenvalue weighted by molar-refractivity contribution is 0.174. The summed E-state index contributed by atoms with van der Waals surface area (Å²) >= 11 is 3.72. The third kappa shape index (κ3) is 4.36. The van der Waals surface area contributed by atoms with Crippen molar-refractivity contribution in [2.75, 3.05) is 33.2 Å². The quantitative estimate of drug-likeness (QED) is 0.283. The van der Waals surface area contributed by atoms with Crippen LogP contribution in [0, 0.1) is 9.65 Å². The van der Waals surface area contributed by atoms with Gasteiger partial charge in [0.1, 0.15) is 0 Å². The zero-order chi connectivity index (χ0) is 20.5. The molecule has 0 saturated heterocycles. The van der Waals surface area contributed by atoms with Crippen LogP contribution in [0.3, 0.4) is 0 Å². The van der Waals surface area contributed by atoms with Gasteiger partial charge in [-0.15, -0.1) is 0 Å². The van der Waals surface area contributed by atoms with E-state index in [1.54, 1.807) is 0 Å². The van der Waals surface area contributed by atoms with Crippen molar-refractivity contribution in [1.29, 1.82) is 0 Å². The predicted molar refractivity (Wildman–Crippen MR) is 117 cm³/mol. The van der Waals surface area contributed by atoms with E-state index in [-0.39, 0.29) is 12.6 Å². The molecule has 11 heteroatoms. The maximum Gasteiger partial charge on any atom is 0.312 e. The lowest BCUT2D eigenvalue weighted by Crippen LogP contribution is -2.13. The van der Waals surface area contributed by atoms with Crippen LogP contribution in [0.25, 0.3) is 11.2 Å². The Bertz CT molecular complexity index is 1060. The van der Waals surface area contributed by atoms with Gasteiger partial charge in [0, 0.05) is 15.0 Å². The summed E-state index contributed by atoms with van der Waals surface area (Å²) in [6.45, 7) is 1.85. The third-order valence-electron chi connectivity index (χ3n) is 4.42. The SMILES string of the molecule is CN(C)CCCCn1c(Sc2cc3c(cc2I)OCO3)nc2c(N)nc(F)nc21. The zero-order valence-corrected chi connectivity index (χ0v) is 19.0. The van der Waals surface area contributed by atoms with Crippen LogP contribution in [-0.2, 0) is 6.54 Å². The Balaban J connectivity index is 1.69. The van der Waals surface area contributed by atoms with Gasteiger partial charge in [-0.05, 0) is 68.2 Å². The number of fused-ring (bicyclic) bond motifs is 2. The van der Waals surface area contributed by atoms with Gasteiger partial charge in [0.05, 0.1) is 0 Å². The number of rotatable bonds is 7. The van der Waals surface area contributed by atoms with E-state index < -0.39 is 6.08 Å². The molecular formula is C18H20FIN6O2S. The van der Waals surface area contributed by atoms with Gasteiger partial charge < -0.3 is 24.7 Å². The van der Waals surface area contributed by atoms with Gasteiger partial charge in [0.15, 0.2) is 33.6 Å². The Morgan fingerprint density at radius 3 is 2.72 bits per heavy atom. The summed E-state index contributed by atoms with van der Waals surface area (Å²) in [7, 11) is 4.08. The molecule has 1 aliphatic heterocycles. The second-order valence-electron chi connectivity index (χ2n) is 6.84. The summed E-state index contributed by atoms with van der Waals surface area (Å²) in [6, 6.07) is 3.86. The predicted octanol–water partition coefficient (Wildman–Crippen LogP) is 3.37. The number of hydrogen-bond acceptors (Lipinski definition) is 8. The molecule has 29 heavy (non-hydrogen) atoms. The lowest BCUT2D eigenvalue weighted by atomic mass is 10.3. The van der Waals surface area contributed by atoms with Crippen molar-refractivity contribution in [1.82, 2.24) is 24.4 Å². The number of hydrogen-bond donors (Lipinski definition) is 1. The Morgan fingerprint density at radius 2 is 1.97 bits per heavy atom. The van der Waals surface area contributed by atoms with E-state index in [1.807, 2.05) is 30.8 Å². The normalized spacial score (nSPS) is 13.0. The maximum absolute atomic E-state index is 13.8. The van der Waals surface area contributed by atoms with E-state index >= 15 is 0 Å².